The molecule has 0 aromatic carbocycles. The van der Waals surface area contributed by atoms with Crippen molar-refractivity contribution in [3.8, 4) is 0 Å². The first kappa shape index (κ1) is 11.8. The van der Waals surface area contributed by atoms with Crippen LogP contribution in [0.4, 0.5) is 13.2 Å². The molecule has 0 aliphatic carbocycles. The largest absolute Gasteiger partial charge is 0.405 e. The van der Waals surface area contributed by atoms with Crippen LogP contribution in [0.3, 0.4) is 0 Å². The predicted octanol–water partition coefficient (Wildman–Crippen LogP) is 0.919. The van der Waals surface area contributed by atoms with E-state index in [1.54, 1.807) is 11.9 Å². The van der Waals surface area contributed by atoms with Gasteiger partial charge in [0.25, 0.3) is 0 Å². The molecule has 1 aliphatic heterocycles. The summed E-state index contributed by atoms with van der Waals surface area (Å²) >= 11 is 0. The van der Waals surface area contributed by atoms with Crippen LogP contribution in [-0.4, -0.2) is 44.2 Å². The van der Waals surface area contributed by atoms with E-state index in [1.807, 2.05) is 0 Å². The summed E-state index contributed by atoms with van der Waals surface area (Å²) in [4.78, 5) is 1.56. The zero-order valence-corrected chi connectivity index (χ0v) is 8.19. The van der Waals surface area contributed by atoms with Gasteiger partial charge in [0.15, 0.2) is 0 Å². The van der Waals surface area contributed by atoms with Crippen LogP contribution in [0.2, 0.25) is 0 Å². The molecule has 0 atom stereocenters. The number of allylic oxidation sites excluding steroid dienone is 1. The molecule has 15 heavy (non-hydrogen) atoms. The Balaban J connectivity index is 2.68. The summed E-state index contributed by atoms with van der Waals surface area (Å²) in [6.07, 6.45) is -3.25. The van der Waals surface area contributed by atoms with Crippen LogP contribution in [0.15, 0.2) is 11.4 Å². The zero-order valence-electron chi connectivity index (χ0n) is 8.19. The molecule has 7 heteroatoms. The Morgan fingerprint density at radius 3 is 2.80 bits per heavy atom. The quantitative estimate of drug-likeness (QED) is 0.699. The van der Waals surface area contributed by atoms with Gasteiger partial charge in [-0.25, -0.2) is 0 Å². The molecule has 1 aliphatic rings. The number of nitrogens with zero attached hydrogens (tertiary/aromatic N) is 1. The van der Waals surface area contributed by atoms with E-state index < -0.39 is 12.7 Å². The smallest absolute Gasteiger partial charge is 0.376 e. The Morgan fingerprint density at radius 2 is 2.27 bits per heavy atom. The first-order chi connectivity index (χ1) is 6.94. The monoisotopic (exact) mass is 223 g/mol. The van der Waals surface area contributed by atoms with E-state index >= 15 is 0 Å². The van der Waals surface area contributed by atoms with Crippen molar-refractivity contribution in [1.29, 1.82) is 5.41 Å². The van der Waals surface area contributed by atoms with Crippen molar-refractivity contribution in [3.63, 3.8) is 0 Å². The maximum atomic E-state index is 11.9. The Morgan fingerprint density at radius 1 is 1.60 bits per heavy atom. The van der Waals surface area contributed by atoms with Crippen LogP contribution in [0, 0.1) is 5.41 Å². The lowest BCUT2D eigenvalue weighted by molar-refractivity contribution is -0.124. The molecule has 0 saturated carbocycles. The van der Waals surface area contributed by atoms with E-state index in [2.05, 4.69) is 5.32 Å². The van der Waals surface area contributed by atoms with Crippen molar-refractivity contribution in [2.75, 3.05) is 26.9 Å². The number of nitrogens with one attached hydrogen (secondary N) is 2. The van der Waals surface area contributed by atoms with Gasteiger partial charge in [-0.15, -0.1) is 0 Å². The number of halogens is 3. The highest BCUT2D eigenvalue weighted by Gasteiger charge is 2.28. The summed E-state index contributed by atoms with van der Waals surface area (Å²) in [5.74, 6) is 0. The molecule has 4 nitrogen and oxygen atoms in total. The summed E-state index contributed by atoms with van der Waals surface area (Å²) in [6.45, 7) is -0.760. The molecule has 1 rings (SSSR count). The summed E-state index contributed by atoms with van der Waals surface area (Å²) < 4.78 is 40.9. The minimum atomic E-state index is -4.27. The first-order valence-electron chi connectivity index (χ1n) is 4.27. The molecule has 0 unspecified atom stereocenters. The molecule has 0 amide bonds. The number of hydrogen-bond donors (Lipinski definition) is 2. The molecule has 0 saturated heterocycles. The summed E-state index contributed by atoms with van der Waals surface area (Å²) in [7, 11) is 1.65. The van der Waals surface area contributed by atoms with Crippen LogP contribution in [0.5, 0.6) is 0 Å². The number of alkyl halides is 3. The van der Waals surface area contributed by atoms with Crippen molar-refractivity contribution < 1.29 is 17.9 Å². The van der Waals surface area contributed by atoms with Gasteiger partial charge < -0.3 is 20.4 Å². The summed E-state index contributed by atoms with van der Waals surface area (Å²) in [5.41, 5.74) is 0.710. The molecule has 0 aromatic rings. The minimum Gasteiger partial charge on any atom is -0.376 e. The molecule has 0 fully saturated rings. The topological polar surface area (TPSA) is 48.4 Å². The van der Waals surface area contributed by atoms with Crippen LogP contribution < -0.4 is 5.32 Å². The van der Waals surface area contributed by atoms with Gasteiger partial charge in [0.05, 0.1) is 18.0 Å². The number of ether oxygens (including phenoxy) is 1. The van der Waals surface area contributed by atoms with Gasteiger partial charge in [-0.3, -0.25) is 0 Å². The first-order valence-corrected chi connectivity index (χ1v) is 4.27. The van der Waals surface area contributed by atoms with Gasteiger partial charge in [0.2, 0.25) is 0 Å². The minimum absolute atomic E-state index is 0.0745. The molecule has 0 aromatic heterocycles. The Labute approximate surface area is 85.2 Å². The van der Waals surface area contributed by atoms with Crippen molar-refractivity contribution >= 4 is 6.21 Å². The highest BCUT2D eigenvalue weighted by Crippen LogP contribution is 2.16. The normalized spacial score (nSPS) is 18.0. The lowest BCUT2D eigenvalue weighted by Crippen LogP contribution is -2.38. The molecular formula is C8H12F3N3O. The second kappa shape index (κ2) is 4.52. The van der Waals surface area contributed by atoms with Crippen LogP contribution >= 0.6 is 0 Å². The molecule has 0 bridgehead atoms. The Kier molecular flexibility index (Phi) is 3.57. The van der Waals surface area contributed by atoms with E-state index in [4.69, 9.17) is 10.1 Å². The number of rotatable bonds is 3. The van der Waals surface area contributed by atoms with Crippen LogP contribution in [0.1, 0.15) is 0 Å². The van der Waals surface area contributed by atoms with E-state index in [0.29, 0.717) is 5.70 Å². The number of hydrogen-bond acceptors (Lipinski definition) is 4. The predicted molar refractivity (Wildman–Crippen MR) is 48.4 cm³/mol. The van der Waals surface area contributed by atoms with E-state index in [9.17, 15) is 13.2 Å². The molecule has 0 radical (unpaired) electrons. The average molecular weight is 223 g/mol. The third-order valence-corrected chi connectivity index (χ3v) is 1.89. The van der Waals surface area contributed by atoms with E-state index in [0.717, 1.165) is 6.21 Å². The van der Waals surface area contributed by atoms with Gasteiger partial charge >= 0.3 is 6.18 Å². The molecular weight excluding hydrogens is 211 g/mol. The Bertz CT molecular complexity index is 275. The van der Waals surface area contributed by atoms with Gasteiger partial charge in [0, 0.05) is 13.3 Å². The van der Waals surface area contributed by atoms with Crippen molar-refractivity contribution in [2.24, 2.45) is 0 Å². The lowest BCUT2D eigenvalue weighted by atomic mass is 10.3. The Hall–Kier alpha value is -1.24. The van der Waals surface area contributed by atoms with E-state index in [1.165, 1.54) is 0 Å². The van der Waals surface area contributed by atoms with Crippen LogP contribution in [-0.2, 0) is 4.74 Å². The lowest BCUT2D eigenvalue weighted by Gasteiger charge is -2.28. The summed E-state index contributed by atoms with van der Waals surface area (Å²) in [5, 5.41) is 9.32. The van der Waals surface area contributed by atoms with Crippen molar-refractivity contribution in [2.45, 2.75) is 6.18 Å². The fourth-order valence-corrected chi connectivity index (χ4v) is 1.20. The second-order valence-corrected chi connectivity index (χ2v) is 3.15. The third kappa shape index (κ3) is 3.43. The summed E-state index contributed by atoms with van der Waals surface area (Å²) in [6, 6.07) is 0. The maximum absolute atomic E-state index is 11.9. The molecule has 0 spiro atoms. The van der Waals surface area contributed by atoms with Crippen LogP contribution in [0.25, 0.3) is 0 Å². The second-order valence-electron chi connectivity index (χ2n) is 3.15. The average Bonchev–Trinajstić information content (AvgIpc) is 2.13. The van der Waals surface area contributed by atoms with Gasteiger partial charge in [-0.1, -0.05) is 0 Å². The molecule has 2 N–H and O–H groups in total. The highest BCUT2D eigenvalue weighted by atomic mass is 19.4. The standard InChI is InChI=1S/C8H12F3N3O/c1-14-5-15-3-6(7(14)2-12)13-4-8(9,10)11/h2,12-13H,3-5H2,1H3. The third-order valence-electron chi connectivity index (χ3n) is 1.89. The highest BCUT2D eigenvalue weighted by molar-refractivity contribution is 5.76. The van der Waals surface area contributed by atoms with E-state index in [-0.39, 0.29) is 19.0 Å². The van der Waals surface area contributed by atoms with Crippen molar-refractivity contribution in [3.05, 3.63) is 11.4 Å². The zero-order chi connectivity index (χ0) is 11.5. The molecule has 1 heterocycles. The maximum Gasteiger partial charge on any atom is 0.405 e. The van der Waals surface area contributed by atoms with Gasteiger partial charge in [-0.2, -0.15) is 13.2 Å². The SMILES string of the molecule is CN1COCC(NCC(F)(F)F)=C1C=N. The fraction of sp³-hybridized carbons (Fsp3) is 0.625. The van der Waals surface area contributed by atoms with Crippen molar-refractivity contribution in [1.82, 2.24) is 10.2 Å². The molecule has 86 valence electrons. The fourth-order valence-electron chi connectivity index (χ4n) is 1.20. The van der Waals surface area contributed by atoms with Gasteiger partial charge in [-0.05, 0) is 0 Å². The van der Waals surface area contributed by atoms with Gasteiger partial charge in [0.1, 0.15) is 13.3 Å².